The maximum atomic E-state index is 11.5. The third-order valence-electron chi connectivity index (χ3n) is 3.41. The fourth-order valence-corrected chi connectivity index (χ4v) is 3.36. The van der Waals surface area contributed by atoms with E-state index < -0.39 is 0 Å². The minimum atomic E-state index is 0.243. The van der Waals surface area contributed by atoms with E-state index in [0.717, 1.165) is 17.8 Å². The van der Waals surface area contributed by atoms with Crippen LogP contribution in [0.1, 0.15) is 48.9 Å². The van der Waals surface area contributed by atoms with Crippen LogP contribution in [0.2, 0.25) is 0 Å². The Hall–Kier alpha value is -0.700. The van der Waals surface area contributed by atoms with Crippen LogP contribution in [0, 0.1) is 12.3 Å². The molecule has 0 aliphatic heterocycles. The van der Waals surface area contributed by atoms with E-state index in [1.165, 1.54) is 4.88 Å². The van der Waals surface area contributed by atoms with Crippen molar-refractivity contribution in [2.75, 3.05) is 0 Å². The average molecular weight is 223 g/mol. The van der Waals surface area contributed by atoms with Crippen LogP contribution in [-0.2, 0) is 4.79 Å². The largest absolute Gasteiger partial charge is 0.300 e. The second-order valence-corrected chi connectivity index (χ2v) is 6.33. The number of aromatic nitrogens is 1. The van der Waals surface area contributed by atoms with Gasteiger partial charge in [-0.2, -0.15) is 0 Å². The normalized spacial score (nSPS) is 25.5. The molecule has 1 aliphatic carbocycles. The molecule has 0 saturated heterocycles. The molecule has 0 spiro atoms. The molecule has 1 aromatic heterocycles. The highest BCUT2D eigenvalue weighted by Crippen LogP contribution is 2.46. The third-order valence-corrected chi connectivity index (χ3v) is 4.43. The van der Waals surface area contributed by atoms with Crippen LogP contribution in [0.4, 0.5) is 0 Å². The summed E-state index contributed by atoms with van der Waals surface area (Å²) in [5.41, 5.74) is 0.243. The van der Waals surface area contributed by atoms with Gasteiger partial charge < -0.3 is 0 Å². The molecule has 3 heteroatoms. The van der Waals surface area contributed by atoms with Crippen molar-refractivity contribution in [3.8, 4) is 0 Å². The lowest BCUT2D eigenvalue weighted by atomic mass is 9.68. The summed E-state index contributed by atoms with van der Waals surface area (Å²) >= 11 is 1.74. The summed E-state index contributed by atoms with van der Waals surface area (Å²) in [6.07, 6.45) is 4.41. The lowest BCUT2D eigenvalue weighted by molar-refractivity contribution is -0.122. The van der Waals surface area contributed by atoms with Crippen LogP contribution in [0.3, 0.4) is 0 Å². The van der Waals surface area contributed by atoms with E-state index in [4.69, 9.17) is 0 Å². The molecule has 1 aromatic rings. The summed E-state index contributed by atoms with van der Waals surface area (Å²) in [6.45, 7) is 6.55. The molecule has 82 valence electrons. The number of carbonyl (C=O) groups is 1. The molecule has 1 atom stereocenters. The average Bonchev–Trinajstić information content (AvgIpc) is 2.56. The second-order valence-electron chi connectivity index (χ2n) is 5.07. The molecular formula is C12H17NOS. The molecule has 1 fully saturated rings. The Labute approximate surface area is 94.7 Å². The predicted octanol–water partition coefficient (Wildman–Crippen LogP) is 3.31. The first kappa shape index (κ1) is 10.8. The Morgan fingerprint density at radius 2 is 2.27 bits per heavy atom. The van der Waals surface area contributed by atoms with Crippen molar-refractivity contribution in [1.29, 1.82) is 0 Å². The summed E-state index contributed by atoms with van der Waals surface area (Å²) in [6, 6.07) is 0. The maximum Gasteiger partial charge on any atom is 0.133 e. The first-order chi connectivity index (χ1) is 6.99. The molecule has 2 nitrogen and oxygen atoms in total. The minimum Gasteiger partial charge on any atom is -0.300 e. The van der Waals surface area contributed by atoms with Gasteiger partial charge in [-0.05, 0) is 18.8 Å². The third kappa shape index (κ3) is 2.12. The van der Waals surface area contributed by atoms with Gasteiger partial charge >= 0.3 is 0 Å². The van der Waals surface area contributed by atoms with Gasteiger partial charge in [-0.3, -0.25) is 4.79 Å². The van der Waals surface area contributed by atoms with Gasteiger partial charge in [-0.25, -0.2) is 4.98 Å². The smallest absolute Gasteiger partial charge is 0.133 e. The van der Waals surface area contributed by atoms with E-state index in [-0.39, 0.29) is 5.41 Å². The predicted molar refractivity (Wildman–Crippen MR) is 62.2 cm³/mol. The van der Waals surface area contributed by atoms with Crippen molar-refractivity contribution < 1.29 is 4.79 Å². The van der Waals surface area contributed by atoms with Crippen LogP contribution in [-0.4, -0.2) is 10.8 Å². The van der Waals surface area contributed by atoms with Gasteiger partial charge in [0.05, 0.1) is 5.01 Å². The number of nitrogens with zero attached hydrogens (tertiary/aromatic N) is 1. The molecule has 1 aliphatic rings. The van der Waals surface area contributed by atoms with Crippen molar-refractivity contribution >= 4 is 17.1 Å². The first-order valence-electron chi connectivity index (χ1n) is 5.43. The highest BCUT2D eigenvalue weighted by molar-refractivity contribution is 7.11. The lowest BCUT2D eigenvalue weighted by Crippen LogP contribution is -2.29. The van der Waals surface area contributed by atoms with Crippen LogP contribution in [0.5, 0.6) is 0 Å². The fraction of sp³-hybridized carbons (Fsp3) is 0.667. The number of rotatable bonds is 1. The van der Waals surface area contributed by atoms with E-state index in [0.29, 0.717) is 18.1 Å². The summed E-state index contributed by atoms with van der Waals surface area (Å²) in [4.78, 5) is 17.1. The standard InChI is InChI=1S/C12H17NOS/c1-8-13-7-11(15-8)10-6-9(14)4-5-12(10,2)3/h7,10H,4-6H2,1-3H3. The minimum absolute atomic E-state index is 0.243. The first-order valence-corrected chi connectivity index (χ1v) is 6.25. The van der Waals surface area contributed by atoms with Crippen LogP contribution in [0.25, 0.3) is 0 Å². The number of carbonyl (C=O) groups excluding carboxylic acids is 1. The Balaban J connectivity index is 2.29. The van der Waals surface area contributed by atoms with Gasteiger partial charge in [-0.1, -0.05) is 13.8 Å². The quantitative estimate of drug-likeness (QED) is 0.731. The van der Waals surface area contributed by atoms with Crippen molar-refractivity contribution in [2.24, 2.45) is 5.41 Å². The Bertz CT molecular complexity index is 381. The molecule has 0 aromatic carbocycles. The number of hydrogen-bond donors (Lipinski definition) is 0. The van der Waals surface area contributed by atoms with Gasteiger partial charge in [-0.15, -0.1) is 11.3 Å². The van der Waals surface area contributed by atoms with E-state index >= 15 is 0 Å². The number of hydrogen-bond acceptors (Lipinski definition) is 3. The molecule has 0 radical (unpaired) electrons. The highest BCUT2D eigenvalue weighted by atomic mass is 32.1. The Kier molecular flexibility index (Phi) is 2.67. The molecule has 0 N–H and O–H groups in total. The summed E-state index contributed by atoms with van der Waals surface area (Å²) in [5, 5.41) is 1.10. The molecule has 1 heterocycles. The van der Waals surface area contributed by atoms with E-state index in [1.807, 2.05) is 13.1 Å². The zero-order chi connectivity index (χ0) is 11.1. The zero-order valence-electron chi connectivity index (χ0n) is 9.54. The van der Waals surface area contributed by atoms with Gasteiger partial charge in [0.15, 0.2) is 0 Å². The monoisotopic (exact) mass is 223 g/mol. The van der Waals surface area contributed by atoms with Crippen LogP contribution in [0.15, 0.2) is 6.20 Å². The van der Waals surface area contributed by atoms with Crippen molar-refractivity contribution in [3.05, 3.63) is 16.1 Å². The number of thiazole rings is 1. The summed E-state index contributed by atoms with van der Waals surface area (Å²) in [7, 11) is 0. The van der Waals surface area contributed by atoms with E-state index in [1.54, 1.807) is 11.3 Å². The highest BCUT2D eigenvalue weighted by Gasteiger charge is 2.37. The molecular weight excluding hydrogens is 206 g/mol. The van der Waals surface area contributed by atoms with Crippen molar-refractivity contribution in [3.63, 3.8) is 0 Å². The van der Waals surface area contributed by atoms with E-state index in [2.05, 4.69) is 18.8 Å². The van der Waals surface area contributed by atoms with Gasteiger partial charge in [0, 0.05) is 29.8 Å². The molecule has 2 rings (SSSR count). The zero-order valence-corrected chi connectivity index (χ0v) is 10.4. The Morgan fingerprint density at radius 3 is 2.87 bits per heavy atom. The van der Waals surface area contributed by atoms with Crippen molar-refractivity contribution in [2.45, 2.75) is 46.0 Å². The molecule has 0 bridgehead atoms. The molecule has 1 saturated carbocycles. The molecule has 15 heavy (non-hydrogen) atoms. The maximum absolute atomic E-state index is 11.5. The number of ketones is 1. The molecule has 1 unspecified atom stereocenters. The van der Waals surface area contributed by atoms with Gasteiger partial charge in [0.2, 0.25) is 0 Å². The topological polar surface area (TPSA) is 30.0 Å². The van der Waals surface area contributed by atoms with Crippen LogP contribution >= 0.6 is 11.3 Å². The molecule has 0 amide bonds. The lowest BCUT2D eigenvalue weighted by Gasteiger charge is -2.37. The fourth-order valence-electron chi connectivity index (χ4n) is 2.27. The number of aryl methyl sites for hydroxylation is 1. The van der Waals surface area contributed by atoms with Gasteiger partial charge in [0.25, 0.3) is 0 Å². The SMILES string of the molecule is Cc1ncc(C2CC(=O)CCC2(C)C)s1. The van der Waals surface area contributed by atoms with Gasteiger partial charge in [0.1, 0.15) is 5.78 Å². The Morgan fingerprint density at radius 1 is 1.53 bits per heavy atom. The van der Waals surface area contributed by atoms with E-state index in [9.17, 15) is 4.79 Å². The summed E-state index contributed by atoms with van der Waals surface area (Å²) in [5.74, 6) is 0.787. The van der Waals surface area contributed by atoms with Crippen LogP contribution < -0.4 is 0 Å². The van der Waals surface area contributed by atoms with Crippen molar-refractivity contribution in [1.82, 2.24) is 4.98 Å². The second kappa shape index (κ2) is 3.71. The number of Topliss-reactive ketones (excluding diaryl/α,β-unsaturated/α-hetero) is 1. The summed E-state index contributed by atoms with van der Waals surface area (Å²) < 4.78 is 0.